The molecule has 2 nitrogen and oxygen atoms in total. The number of hydrogen-bond donors (Lipinski definition) is 0. The van der Waals surface area contributed by atoms with Gasteiger partial charge in [-0.05, 0) is 18.2 Å². The molecule has 1 aromatic carbocycles. The molecule has 0 aliphatic carbocycles. The highest BCUT2D eigenvalue weighted by Gasteiger charge is 1.99. The Hall–Kier alpha value is -1.34. The van der Waals surface area contributed by atoms with E-state index in [4.69, 9.17) is 0 Å². The Labute approximate surface area is 89.2 Å². The van der Waals surface area contributed by atoms with Crippen LogP contribution >= 0.6 is 15.9 Å². The predicted octanol–water partition coefficient (Wildman–Crippen LogP) is 2.11. The molecule has 0 radical (unpaired) electrons. The van der Waals surface area contributed by atoms with Gasteiger partial charge in [-0.1, -0.05) is 21.9 Å². The molecular formula is C10H6BrFO2. The summed E-state index contributed by atoms with van der Waals surface area (Å²) in [6, 6.07) is 4.40. The summed E-state index contributed by atoms with van der Waals surface area (Å²) in [6.07, 6.45) is 0. The van der Waals surface area contributed by atoms with Crippen molar-refractivity contribution in [2.24, 2.45) is 0 Å². The lowest BCUT2D eigenvalue weighted by Crippen LogP contribution is -1.95. The van der Waals surface area contributed by atoms with E-state index in [2.05, 4.69) is 32.5 Å². The number of carbonyl (C=O) groups is 1. The van der Waals surface area contributed by atoms with Gasteiger partial charge in [0.05, 0.1) is 12.7 Å². The lowest BCUT2D eigenvalue weighted by Gasteiger charge is -1.94. The van der Waals surface area contributed by atoms with E-state index in [-0.39, 0.29) is 5.56 Å². The molecule has 0 unspecified atom stereocenters. The third-order valence-corrected chi connectivity index (χ3v) is 1.91. The van der Waals surface area contributed by atoms with E-state index in [0.29, 0.717) is 4.47 Å². The Morgan fingerprint density at radius 3 is 2.86 bits per heavy atom. The molecule has 0 bridgehead atoms. The number of benzene rings is 1. The molecule has 0 aliphatic heterocycles. The van der Waals surface area contributed by atoms with Gasteiger partial charge in [0.1, 0.15) is 5.82 Å². The van der Waals surface area contributed by atoms with Crippen molar-refractivity contribution in [2.45, 2.75) is 0 Å². The van der Waals surface area contributed by atoms with Crippen LogP contribution in [0.2, 0.25) is 0 Å². The molecule has 0 N–H and O–H groups in total. The summed E-state index contributed by atoms with van der Waals surface area (Å²) < 4.78 is 18.0. The first-order valence-electron chi connectivity index (χ1n) is 3.68. The molecule has 0 atom stereocenters. The van der Waals surface area contributed by atoms with Gasteiger partial charge in [-0.15, -0.1) is 0 Å². The monoisotopic (exact) mass is 256 g/mol. The first-order chi connectivity index (χ1) is 6.63. The minimum absolute atomic E-state index is 0.165. The van der Waals surface area contributed by atoms with Crippen LogP contribution in [0, 0.1) is 17.7 Å². The second-order valence-electron chi connectivity index (χ2n) is 2.37. The summed E-state index contributed by atoms with van der Waals surface area (Å²) >= 11 is 3.11. The van der Waals surface area contributed by atoms with Gasteiger partial charge >= 0.3 is 5.97 Å². The molecule has 0 spiro atoms. The average molecular weight is 257 g/mol. The highest BCUT2D eigenvalue weighted by molar-refractivity contribution is 9.10. The van der Waals surface area contributed by atoms with Crippen molar-refractivity contribution in [3.63, 3.8) is 0 Å². The number of carbonyl (C=O) groups excluding carboxylic acids is 1. The standard InChI is InChI=1S/C10H6BrFO2/c1-14-10(13)5-3-7-2-4-8(11)6-9(7)12/h2,4,6H,1H3. The Bertz CT molecular complexity index is 418. The van der Waals surface area contributed by atoms with Crippen LogP contribution in [-0.2, 0) is 9.53 Å². The van der Waals surface area contributed by atoms with Crippen LogP contribution in [0.4, 0.5) is 4.39 Å². The van der Waals surface area contributed by atoms with Gasteiger partial charge in [-0.3, -0.25) is 0 Å². The summed E-state index contributed by atoms with van der Waals surface area (Å²) in [5.74, 6) is 3.35. The molecule has 14 heavy (non-hydrogen) atoms. The molecule has 0 saturated heterocycles. The second kappa shape index (κ2) is 4.77. The highest BCUT2D eigenvalue weighted by Crippen LogP contribution is 2.14. The molecule has 0 heterocycles. The largest absolute Gasteiger partial charge is 0.459 e. The molecule has 0 amide bonds. The van der Waals surface area contributed by atoms with Gasteiger partial charge in [-0.2, -0.15) is 0 Å². The molecule has 4 heteroatoms. The van der Waals surface area contributed by atoms with Crippen LogP contribution in [0.25, 0.3) is 0 Å². The SMILES string of the molecule is COC(=O)C#Cc1ccc(Br)cc1F. The summed E-state index contributed by atoms with van der Waals surface area (Å²) in [5, 5.41) is 0. The zero-order chi connectivity index (χ0) is 10.6. The van der Waals surface area contributed by atoms with Crippen molar-refractivity contribution in [1.29, 1.82) is 0 Å². The van der Waals surface area contributed by atoms with Crippen LogP contribution in [0.1, 0.15) is 5.56 Å². The molecule has 0 aromatic heterocycles. The van der Waals surface area contributed by atoms with Gasteiger partial charge in [0.15, 0.2) is 0 Å². The number of rotatable bonds is 0. The van der Waals surface area contributed by atoms with E-state index in [1.165, 1.54) is 19.2 Å². The van der Waals surface area contributed by atoms with E-state index < -0.39 is 11.8 Å². The smallest absolute Gasteiger partial charge is 0.384 e. The van der Waals surface area contributed by atoms with E-state index >= 15 is 0 Å². The maximum atomic E-state index is 13.1. The lowest BCUT2D eigenvalue weighted by atomic mass is 10.2. The number of hydrogen-bond acceptors (Lipinski definition) is 2. The van der Waals surface area contributed by atoms with Gasteiger partial charge < -0.3 is 4.74 Å². The molecule has 1 aromatic rings. The van der Waals surface area contributed by atoms with Crippen LogP contribution in [0.3, 0.4) is 0 Å². The van der Waals surface area contributed by atoms with Crippen LogP contribution in [0.15, 0.2) is 22.7 Å². The fraction of sp³-hybridized carbons (Fsp3) is 0.100. The average Bonchev–Trinajstić information content (AvgIpc) is 2.16. The molecule has 0 saturated carbocycles. The van der Waals surface area contributed by atoms with Crippen molar-refractivity contribution in [3.05, 3.63) is 34.1 Å². The normalized spacial score (nSPS) is 8.79. The molecule has 72 valence electrons. The molecular weight excluding hydrogens is 251 g/mol. The maximum absolute atomic E-state index is 13.1. The first-order valence-corrected chi connectivity index (χ1v) is 4.48. The van der Waals surface area contributed by atoms with Gasteiger partial charge in [-0.25, -0.2) is 9.18 Å². The summed E-state index contributed by atoms with van der Waals surface area (Å²) in [7, 11) is 1.22. The summed E-state index contributed by atoms with van der Waals surface area (Å²) in [4.78, 5) is 10.6. The molecule has 0 fully saturated rings. The Balaban J connectivity index is 2.96. The van der Waals surface area contributed by atoms with Gasteiger partial charge in [0, 0.05) is 10.4 Å². The third-order valence-electron chi connectivity index (χ3n) is 1.42. The number of methoxy groups -OCH3 is 1. The zero-order valence-corrected chi connectivity index (χ0v) is 8.89. The van der Waals surface area contributed by atoms with E-state index in [9.17, 15) is 9.18 Å². The predicted molar refractivity (Wildman–Crippen MR) is 53.0 cm³/mol. The summed E-state index contributed by atoms with van der Waals surface area (Å²) in [6.45, 7) is 0. The molecule has 0 aliphatic rings. The minimum atomic E-state index is -0.688. The van der Waals surface area contributed by atoms with Crippen molar-refractivity contribution in [2.75, 3.05) is 7.11 Å². The summed E-state index contributed by atoms with van der Waals surface area (Å²) in [5.41, 5.74) is 0.165. The van der Waals surface area contributed by atoms with E-state index in [1.54, 1.807) is 6.07 Å². The topological polar surface area (TPSA) is 26.3 Å². The fourth-order valence-corrected chi connectivity index (χ4v) is 1.09. The van der Waals surface area contributed by atoms with Crippen LogP contribution in [-0.4, -0.2) is 13.1 Å². The van der Waals surface area contributed by atoms with Gasteiger partial charge in [0.2, 0.25) is 0 Å². The quantitative estimate of drug-likeness (QED) is 0.525. The van der Waals surface area contributed by atoms with Crippen molar-refractivity contribution < 1.29 is 13.9 Å². The maximum Gasteiger partial charge on any atom is 0.384 e. The fourth-order valence-electron chi connectivity index (χ4n) is 0.760. The van der Waals surface area contributed by atoms with Crippen LogP contribution in [0.5, 0.6) is 0 Å². The lowest BCUT2D eigenvalue weighted by molar-refractivity contribution is -0.133. The third kappa shape index (κ3) is 2.86. The highest BCUT2D eigenvalue weighted by atomic mass is 79.9. The first kappa shape index (κ1) is 10.7. The number of ether oxygens (including phenoxy) is 1. The van der Waals surface area contributed by atoms with Gasteiger partial charge in [0.25, 0.3) is 0 Å². The van der Waals surface area contributed by atoms with Crippen molar-refractivity contribution in [1.82, 2.24) is 0 Å². The van der Waals surface area contributed by atoms with Crippen molar-refractivity contribution >= 4 is 21.9 Å². The van der Waals surface area contributed by atoms with E-state index in [1.807, 2.05) is 0 Å². The number of halogens is 2. The minimum Gasteiger partial charge on any atom is -0.459 e. The second-order valence-corrected chi connectivity index (χ2v) is 3.28. The Morgan fingerprint density at radius 1 is 1.57 bits per heavy atom. The molecule has 1 rings (SSSR count). The Kier molecular flexibility index (Phi) is 3.66. The number of esters is 1. The zero-order valence-electron chi connectivity index (χ0n) is 7.30. The van der Waals surface area contributed by atoms with Crippen molar-refractivity contribution in [3.8, 4) is 11.8 Å². The Morgan fingerprint density at radius 2 is 2.29 bits per heavy atom. The van der Waals surface area contributed by atoms with Crippen LogP contribution < -0.4 is 0 Å². The van der Waals surface area contributed by atoms with E-state index in [0.717, 1.165) is 0 Å².